The van der Waals surface area contributed by atoms with Gasteiger partial charge < -0.3 is 15.1 Å². The molecule has 1 aromatic heterocycles. The topological polar surface area (TPSA) is 52.8 Å². The molecule has 0 bridgehead atoms. The molecule has 3 aromatic rings. The molecule has 0 aliphatic heterocycles. The van der Waals surface area contributed by atoms with E-state index in [9.17, 15) is 0 Å². The Labute approximate surface area is 196 Å². The third-order valence-electron chi connectivity index (χ3n) is 4.78. The molecule has 0 saturated carbocycles. The first-order valence-corrected chi connectivity index (χ1v) is 9.92. The van der Waals surface area contributed by atoms with Gasteiger partial charge in [-0.15, -0.1) is 24.0 Å². The third-order valence-corrected chi connectivity index (χ3v) is 4.78. The van der Waals surface area contributed by atoms with Gasteiger partial charge in [0.1, 0.15) is 5.76 Å². The Balaban J connectivity index is 0.00000320. The number of aryl methyl sites for hydroxylation is 1. The molecule has 0 spiro atoms. The van der Waals surface area contributed by atoms with Gasteiger partial charge in [-0.25, -0.2) is 0 Å². The number of hydrogen-bond acceptors (Lipinski definition) is 3. The number of halogens is 1. The van der Waals surface area contributed by atoms with E-state index in [0.29, 0.717) is 0 Å². The van der Waals surface area contributed by atoms with E-state index < -0.39 is 0 Å². The van der Waals surface area contributed by atoms with Crippen LogP contribution in [0.1, 0.15) is 28.0 Å². The number of furan rings is 1. The smallest absolute Gasteiger partial charge is 0.191 e. The van der Waals surface area contributed by atoms with Crippen LogP contribution in [0.2, 0.25) is 0 Å². The number of rotatable bonds is 8. The van der Waals surface area contributed by atoms with Crippen LogP contribution in [0.15, 0.2) is 76.3 Å². The summed E-state index contributed by atoms with van der Waals surface area (Å²) in [5, 5.41) is 6.82. The molecule has 0 aliphatic carbocycles. The maximum atomic E-state index is 5.46. The Kier molecular flexibility index (Phi) is 9.89. The quantitative estimate of drug-likeness (QED) is 0.258. The Morgan fingerprint density at radius 1 is 0.933 bits per heavy atom. The summed E-state index contributed by atoms with van der Waals surface area (Å²) in [5.74, 6) is 1.77. The van der Waals surface area contributed by atoms with Crippen molar-refractivity contribution in [3.05, 3.63) is 94.9 Å². The van der Waals surface area contributed by atoms with Crippen LogP contribution in [0.5, 0.6) is 0 Å². The first kappa shape index (κ1) is 24.0. The predicted octanol–water partition coefficient (Wildman–Crippen LogP) is 4.70. The Hall–Kier alpha value is -2.32. The molecule has 0 fully saturated rings. The van der Waals surface area contributed by atoms with Crippen LogP contribution in [-0.4, -0.2) is 25.0 Å². The molecular formula is C24H31IN4O. The van der Waals surface area contributed by atoms with Gasteiger partial charge in [0.15, 0.2) is 5.96 Å². The highest BCUT2D eigenvalue weighted by molar-refractivity contribution is 14.0. The van der Waals surface area contributed by atoms with Gasteiger partial charge in [0.25, 0.3) is 0 Å². The molecule has 1 heterocycles. The highest BCUT2D eigenvalue weighted by Crippen LogP contribution is 2.13. The third kappa shape index (κ3) is 7.50. The molecule has 160 valence electrons. The molecule has 5 nitrogen and oxygen atoms in total. The Morgan fingerprint density at radius 3 is 2.40 bits per heavy atom. The molecule has 2 aromatic carbocycles. The molecule has 6 heteroatoms. The second-order valence-corrected chi connectivity index (χ2v) is 7.29. The monoisotopic (exact) mass is 518 g/mol. The lowest BCUT2D eigenvalue weighted by atomic mass is 10.1. The second-order valence-electron chi connectivity index (χ2n) is 7.29. The van der Waals surface area contributed by atoms with Gasteiger partial charge in [0.2, 0.25) is 0 Å². The van der Waals surface area contributed by atoms with Crippen LogP contribution < -0.4 is 10.6 Å². The summed E-state index contributed by atoms with van der Waals surface area (Å²) < 4.78 is 5.46. The van der Waals surface area contributed by atoms with Crippen LogP contribution in [0.25, 0.3) is 0 Å². The van der Waals surface area contributed by atoms with Gasteiger partial charge in [-0.2, -0.15) is 0 Å². The number of nitrogens with zero attached hydrogens (tertiary/aromatic N) is 2. The maximum absolute atomic E-state index is 5.46. The van der Waals surface area contributed by atoms with Crippen molar-refractivity contribution in [1.82, 2.24) is 15.5 Å². The SMILES string of the molecule is CN=C(NCc1cccc(C)c1)NCc1ccccc1CN(C)Cc1ccco1.I. The lowest BCUT2D eigenvalue weighted by Crippen LogP contribution is -2.36. The molecule has 0 amide bonds. The summed E-state index contributed by atoms with van der Waals surface area (Å²) in [4.78, 5) is 6.61. The Bertz CT molecular complexity index is 924. The van der Waals surface area contributed by atoms with E-state index in [2.05, 4.69) is 83.0 Å². The zero-order valence-electron chi connectivity index (χ0n) is 17.9. The predicted molar refractivity (Wildman–Crippen MR) is 134 cm³/mol. The summed E-state index contributed by atoms with van der Waals surface area (Å²) in [5.41, 5.74) is 5.06. The van der Waals surface area contributed by atoms with Gasteiger partial charge >= 0.3 is 0 Å². The van der Waals surface area contributed by atoms with Crippen LogP contribution in [0.4, 0.5) is 0 Å². The van der Waals surface area contributed by atoms with Crippen molar-refractivity contribution in [3.8, 4) is 0 Å². The minimum atomic E-state index is 0. The molecule has 0 unspecified atom stereocenters. The van der Waals surface area contributed by atoms with E-state index in [1.807, 2.05) is 12.1 Å². The fraction of sp³-hybridized carbons (Fsp3) is 0.292. The van der Waals surface area contributed by atoms with Crippen molar-refractivity contribution in [2.24, 2.45) is 4.99 Å². The number of benzene rings is 2. The zero-order chi connectivity index (χ0) is 20.5. The summed E-state index contributed by atoms with van der Waals surface area (Å²) in [6.07, 6.45) is 1.72. The minimum absolute atomic E-state index is 0. The van der Waals surface area contributed by atoms with E-state index in [1.54, 1.807) is 13.3 Å². The van der Waals surface area contributed by atoms with E-state index in [0.717, 1.165) is 37.9 Å². The molecule has 0 radical (unpaired) electrons. The minimum Gasteiger partial charge on any atom is -0.468 e. The largest absolute Gasteiger partial charge is 0.468 e. The second kappa shape index (κ2) is 12.4. The van der Waals surface area contributed by atoms with Gasteiger partial charge in [-0.05, 0) is 42.8 Å². The highest BCUT2D eigenvalue weighted by Gasteiger charge is 2.08. The summed E-state index contributed by atoms with van der Waals surface area (Å²) in [6.45, 7) is 5.21. The molecule has 30 heavy (non-hydrogen) atoms. The van der Waals surface area contributed by atoms with E-state index in [1.165, 1.54) is 22.3 Å². The lowest BCUT2D eigenvalue weighted by Gasteiger charge is -2.19. The van der Waals surface area contributed by atoms with E-state index in [4.69, 9.17) is 4.42 Å². The fourth-order valence-electron chi connectivity index (χ4n) is 3.31. The average molecular weight is 518 g/mol. The summed E-state index contributed by atoms with van der Waals surface area (Å²) in [7, 11) is 3.91. The van der Waals surface area contributed by atoms with Crippen molar-refractivity contribution in [3.63, 3.8) is 0 Å². The number of hydrogen-bond donors (Lipinski definition) is 2. The molecular weight excluding hydrogens is 487 g/mol. The summed E-state index contributed by atoms with van der Waals surface area (Å²) >= 11 is 0. The van der Waals surface area contributed by atoms with Crippen LogP contribution in [-0.2, 0) is 26.2 Å². The molecule has 0 saturated heterocycles. The Morgan fingerprint density at radius 2 is 1.70 bits per heavy atom. The first-order chi connectivity index (χ1) is 14.1. The van der Waals surface area contributed by atoms with Crippen LogP contribution in [0.3, 0.4) is 0 Å². The van der Waals surface area contributed by atoms with Crippen molar-refractivity contribution < 1.29 is 4.42 Å². The van der Waals surface area contributed by atoms with Crippen LogP contribution in [0, 0.1) is 6.92 Å². The fourth-order valence-corrected chi connectivity index (χ4v) is 3.31. The zero-order valence-corrected chi connectivity index (χ0v) is 20.2. The van der Waals surface area contributed by atoms with Gasteiger partial charge in [-0.1, -0.05) is 54.1 Å². The normalized spacial score (nSPS) is 11.3. The van der Waals surface area contributed by atoms with Gasteiger partial charge in [-0.3, -0.25) is 9.89 Å². The maximum Gasteiger partial charge on any atom is 0.191 e. The number of aliphatic imine (C=N–C) groups is 1. The van der Waals surface area contributed by atoms with Gasteiger partial charge in [0.05, 0.1) is 12.8 Å². The van der Waals surface area contributed by atoms with Crippen molar-refractivity contribution >= 4 is 29.9 Å². The lowest BCUT2D eigenvalue weighted by molar-refractivity contribution is 0.287. The first-order valence-electron chi connectivity index (χ1n) is 9.92. The van der Waals surface area contributed by atoms with E-state index in [-0.39, 0.29) is 24.0 Å². The van der Waals surface area contributed by atoms with E-state index >= 15 is 0 Å². The molecule has 0 atom stereocenters. The molecule has 3 rings (SSSR count). The van der Waals surface area contributed by atoms with Crippen molar-refractivity contribution in [1.29, 1.82) is 0 Å². The van der Waals surface area contributed by atoms with Crippen molar-refractivity contribution in [2.45, 2.75) is 33.1 Å². The number of guanidine groups is 1. The highest BCUT2D eigenvalue weighted by atomic mass is 127. The molecule has 2 N–H and O–H groups in total. The molecule has 0 aliphatic rings. The number of nitrogens with one attached hydrogen (secondary N) is 2. The average Bonchev–Trinajstić information content (AvgIpc) is 3.22. The van der Waals surface area contributed by atoms with Crippen LogP contribution >= 0.6 is 24.0 Å². The standard InChI is InChI=1S/C24H30N4O.HI/c1-19-8-6-9-20(14-19)15-26-24(25-2)27-16-21-10-4-5-11-22(21)17-28(3)18-23-12-7-13-29-23;/h4-14H,15-18H2,1-3H3,(H2,25,26,27);1H. The van der Waals surface area contributed by atoms with Gasteiger partial charge in [0, 0.05) is 26.7 Å². The summed E-state index contributed by atoms with van der Waals surface area (Å²) in [6, 6.07) is 20.9. The van der Waals surface area contributed by atoms with Crippen molar-refractivity contribution in [2.75, 3.05) is 14.1 Å².